The third-order valence-electron chi connectivity index (χ3n) is 6.07. The van der Waals surface area contributed by atoms with E-state index < -0.39 is 11.9 Å². The summed E-state index contributed by atoms with van der Waals surface area (Å²) in [6.45, 7) is 18.1. The van der Waals surface area contributed by atoms with Crippen molar-refractivity contribution in [3.8, 4) is 0 Å². The van der Waals surface area contributed by atoms with E-state index in [4.69, 9.17) is 5.73 Å². The lowest BCUT2D eigenvalue weighted by Crippen LogP contribution is -2.55. The Morgan fingerprint density at radius 2 is 1.28 bits per heavy atom. The number of rotatable bonds is 19. The lowest BCUT2D eigenvalue weighted by Gasteiger charge is -2.29. The fraction of sp³-hybridized carbons (Fsp3) is 0.893. The molecular formula is C28H57N5O3. The molecule has 0 rings (SSSR count). The maximum absolute atomic E-state index is 12.9. The smallest absolute Gasteiger partial charge is 0.240 e. The molecule has 3 unspecified atom stereocenters. The molecule has 36 heavy (non-hydrogen) atoms. The van der Waals surface area contributed by atoms with Crippen LogP contribution in [0.25, 0.3) is 0 Å². The molecule has 212 valence electrons. The van der Waals surface area contributed by atoms with Crippen molar-refractivity contribution in [1.29, 1.82) is 0 Å². The summed E-state index contributed by atoms with van der Waals surface area (Å²) in [4.78, 5) is 37.2. The highest BCUT2D eigenvalue weighted by atomic mass is 16.2. The average molecular weight is 512 g/mol. The van der Waals surface area contributed by atoms with Gasteiger partial charge in [-0.2, -0.15) is 0 Å². The Labute approximate surface area is 221 Å². The lowest BCUT2D eigenvalue weighted by molar-refractivity contribution is -0.129. The first-order valence-corrected chi connectivity index (χ1v) is 14.1. The Morgan fingerprint density at radius 3 is 1.83 bits per heavy atom. The van der Waals surface area contributed by atoms with E-state index in [0.717, 1.165) is 57.9 Å². The van der Waals surface area contributed by atoms with Gasteiger partial charge >= 0.3 is 0 Å². The summed E-state index contributed by atoms with van der Waals surface area (Å²) in [5.74, 6) is -0.645. The Morgan fingerprint density at radius 1 is 0.722 bits per heavy atom. The van der Waals surface area contributed by atoms with Crippen molar-refractivity contribution < 1.29 is 14.4 Å². The highest BCUT2D eigenvalue weighted by Crippen LogP contribution is 2.11. The van der Waals surface area contributed by atoms with Crippen molar-refractivity contribution in [2.45, 2.75) is 143 Å². The molecule has 0 aliphatic carbocycles. The van der Waals surface area contributed by atoms with Gasteiger partial charge in [0.25, 0.3) is 0 Å². The number of nitrogens with one attached hydrogen (secondary N) is 4. The summed E-state index contributed by atoms with van der Waals surface area (Å²) >= 11 is 0. The van der Waals surface area contributed by atoms with Crippen LogP contribution in [0.2, 0.25) is 0 Å². The van der Waals surface area contributed by atoms with Gasteiger partial charge in [0, 0.05) is 23.5 Å². The van der Waals surface area contributed by atoms with Crippen LogP contribution in [0.4, 0.5) is 0 Å². The van der Waals surface area contributed by atoms with Gasteiger partial charge in [0.1, 0.15) is 6.04 Å². The van der Waals surface area contributed by atoms with Gasteiger partial charge in [0.2, 0.25) is 17.7 Å². The average Bonchev–Trinajstić information content (AvgIpc) is 2.75. The van der Waals surface area contributed by atoms with E-state index in [2.05, 4.69) is 49.0 Å². The topological polar surface area (TPSA) is 125 Å². The molecule has 3 atom stereocenters. The van der Waals surface area contributed by atoms with Crippen LogP contribution in [0.15, 0.2) is 0 Å². The van der Waals surface area contributed by atoms with E-state index >= 15 is 0 Å². The second-order valence-electron chi connectivity index (χ2n) is 12.3. The van der Waals surface area contributed by atoms with Gasteiger partial charge in [-0.25, -0.2) is 0 Å². The van der Waals surface area contributed by atoms with Gasteiger partial charge in [-0.15, -0.1) is 0 Å². The monoisotopic (exact) mass is 511 g/mol. The van der Waals surface area contributed by atoms with E-state index in [-0.39, 0.29) is 34.9 Å². The molecule has 0 aliphatic heterocycles. The molecule has 0 saturated carbocycles. The number of carbonyl (C=O) groups is 3. The molecule has 0 bridgehead atoms. The zero-order valence-corrected chi connectivity index (χ0v) is 24.5. The van der Waals surface area contributed by atoms with Crippen molar-refractivity contribution in [1.82, 2.24) is 21.3 Å². The van der Waals surface area contributed by atoms with Crippen LogP contribution < -0.4 is 27.0 Å². The predicted octanol–water partition coefficient (Wildman–Crippen LogP) is 3.77. The Balaban J connectivity index is 4.39. The van der Waals surface area contributed by atoms with Crippen LogP contribution in [0.3, 0.4) is 0 Å². The minimum Gasteiger partial charge on any atom is -0.368 e. The third-order valence-corrected chi connectivity index (χ3v) is 6.07. The first-order valence-electron chi connectivity index (χ1n) is 14.1. The Bertz CT molecular complexity index is 640. The molecule has 8 nitrogen and oxygen atoms in total. The summed E-state index contributed by atoms with van der Waals surface area (Å²) in [7, 11) is 0. The van der Waals surface area contributed by atoms with Gasteiger partial charge in [-0.05, 0) is 86.6 Å². The highest BCUT2D eigenvalue weighted by Gasteiger charge is 2.26. The van der Waals surface area contributed by atoms with Crippen molar-refractivity contribution in [3.63, 3.8) is 0 Å². The summed E-state index contributed by atoms with van der Waals surface area (Å²) < 4.78 is 0. The Hall–Kier alpha value is -1.67. The first-order chi connectivity index (χ1) is 16.7. The molecule has 0 spiro atoms. The molecule has 0 fully saturated rings. The number of primary amides is 1. The summed E-state index contributed by atoms with van der Waals surface area (Å²) in [5.41, 5.74) is 5.49. The van der Waals surface area contributed by atoms with Crippen LogP contribution in [0, 0.1) is 5.92 Å². The van der Waals surface area contributed by atoms with Crippen LogP contribution in [-0.2, 0) is 14.4 Å². The summed E-state index contributed by atoms with van der Waals surface area (Å²) in [6.07, 6.45) is 8.64. The molecule has 0 aromatic carbocycles. The first kappa shape index (κ1) is 34.3. The molecule has 0 aromatic rings. The van der Waals surface area contributed by atoms with Gasteiger partial charge in [0.05, 0.1) is 6.04 Å². The number of unbranched alkanes of at least 4 members (excludes halogenated alkanes) is 4. The van der Waals surface area contributed by atoms with Gasteiger partial charge in [0.15, 0.2) is 0 Å². The molecule has 6 N–H and O–H groups in total. The summed E-state index contributed by atoms with van der Waals surface area (Å²) in [6, 6.07) is -1.06. The molecule has 0 radical (unpaired) electrons. The van der Waals surface area contributed by atoms with E-state index in [1.807, 2.05) is 27.7 Å². The third kappa shape index (κ3) is 18.6. The largest absolute Gasteiger partial charge is 0.368 e. The van der Waals surface area contributed by atoms with E-state index in [1.54, 1.807) is 0 Å². The zero-order chi connectivity index (χ0) is 27.8. The maximum Gasteiger partial charge on any atom is 0.240 e. The second kappa shape index (κ2) is 17.7. The maximum atomic E-state index is 12.9. The summed E-state index contributed by atoms with van der Waals surface area (Å²) in [5, 5.41) is 12.7. The van der Waals surface area contributed by atoms with Gasteiger partial charge in [-0.1, -0.05) is 39.5 Å². The van der Waals surface area contributed by atoms with Crippen molar-refractivity contribution >= 4 is 17.7 Å². The number of amides is 3. The molecule has 8 heteroatoms. The number of hydrogen-bond acceptors (Lipinski definition) is 5. The van der Waals surface area contributed by atoms with E-state index in [1.165, 1.54) is 0 Å². The highest BCUT2D eigenvalue weighted by molar-refractivity contribution is 5.89. The molecule has 0 aliphatic rings. The van der Waals surface area contributed by atoms with Crippen LogP contribution in [0.1, 0.15) is 120 Å². The molecular weight excluding hydrogens is 454 g/mol. The van der Waals surface area contributed by atoms with E-state index in [9.17, 15) is 14.4 Å². The fourth-order valence-electron chi connectivity index (χ4n) is 3.98. The van der Waals surface area contributed by atoms with Crippen LogP contribution >= 0.6 is 0 Å². The van der Waals surface area contributed by atoms with Crippen LogP contribution in [0.5, 0.6) is 0 Å². The predicted molar refractivity (Wildman–Crippen MR) is 150 cm³/mol. The minimum atomic E-state index is -0.704. The molecule has 0 heterocycles. The SMILES string of the molecule is CCCCCC(NC(C)(C)C)C(=O)NC(CCCCNC(=O)C(C)CCCCNC(C)(C)C)C(N)=O. The van der Waals surface area contributed by atoms with E-state index in [0.29, 0.717) is 19.4 Å². The van der Waals surface area contributed by atoms with Gasteiger partial charge < -0.3 is 27.0 Å². The van der Waals surface area contributed by atoms with Crippen molar-refractivity contribution in [3.05, 3.63) is 0 Å². The van der Waals surface area contributed by atoms with Crippen molar-refractivity contribution in [2.24, 2.45) is 11.7 Å². The fourth-order valence-corrected chi connectivity index (χ4v) is 3.98. The lowest BCUT2D eigenvalue weighted by atomic mass is 10.0. The quantitative estimate of drug-likeness (QED) is 0.169. The molecule has 0 aromatic heterocycles. The van der Waals surface area contributed by atoms with Crippen LogP contribution in [-0.4, -0.2) is 54.0 Å². The Kier molecular flexibility index (Phi) is 16.9. The number of carbonyl (C=O) groups excluding carboxylic acids is 3. The normalized spacial score (nSPS) is 14.7. The minimum absolute atomic E-state index is 0.0164. The zero-order valence-electron chi connectivity index (χ0n) is 24.5. The second-order valence-corrected chi connectivity index (χ2v) is 12.3. The number of nitrogens with two attached hydrogens (primary N) is 1. The van der Waals surface area contributed by atoms with Crippen molar-refractivity contribution in [2.75, 3.05) is 13.1 Å². The number of hydrogen-bond donors (Lipinski definition) is 5. The standard InChI is InChI=1S/C28H57N5O3/c1-9-10-11-18-23(33-28(6,7)8)26(36)32-22(24(29)34)17-13-14-19-30-25(35)21(2)16-12-15-20-31-27(3,4)5/h21-23,31,33H,9-20H2,1-8H3,(H2,29,34)(H,30,35)(H,32,36). The molecule has 0 saturated heterocycles. The van der Waals surface area contributed by atoms with Gasteiger partial charge in [-0.3, -0.25) is 14.4 Å². The molecule has 3 amide bonds.